The van der Waals surface area contributed by atoms with Gasteiger partial charge in [0.2, 0.25) is 0 Å². The topological polar surface area (TPSA) is 98.2 Å². The van der Waals surface area contributed by atoms with E-state index in [4.69, 9.17) is 15.7 Å². The Balaban J connectivity index is 1.50. The number of aryl methyl sites for hydroxylation is 1. The summed E-state index contributed by atoms with van der Waals surface area (Å²) in [6.07, 6.45) is 3.36. The lowest BCUT2D eigenvalue weighted by molar-refractivity contribution is 0.0940. The highest BCUT2D eigenvalue weighted by atomic mass is 16.1. The molecule has 1 unspecified atom stereocenters. The summed E-state index contributed by atoms with van der Waals surface area (Å²) in [5.41, 5.74) is 11.2. The molecule has 1 amide bonds. The van der Waals surface area contributed by atoms with Crippen molar-refractivity contribution in [2.24, 2.45) is 5.10 Å². The molecule has 3 aromatic carbocycles. The molecule has 5 rings (SSSR count). The minimum absolute atomic E-state index is 0.0539. The summed E-state index contributed by atoms with van der Waals surface area (Å²) in [4.78, 5) is 22.9. The van der Waals surface area contributed by atoms with Gasteiger partial charge in [0.15, 0.2) is 5.65 Å². The summed E-state index contributed by atoms with van der Waals surface area (Å²) in [5.74, 6) is -0.0819. The summed E-state index contributed by atoms with van der Waals surface area (Å²) in [7, 11) is 0. The highest BCUT2D eigenvalue weighted by molar-refractivity contribution is 6.10. The molecule has 0 aliphatic heterocycles. The van der Waals surface area contributed by atoms with Crippen LogP contribution in [0.5, 0.6) is 0 Å². The first-order valence-electron chi connectivity index (χ1n) is 11.6. The summed E-state index contributed by atoms with van der Waals surface area (Å²) < 4.78 is 1.49. The molecule has 0 bridgehead atoms. The summed E-state index contributed by atoms with van der Waals surface area (Å²) >= 11 is 0. The fourth-order valence-electron chi connectivity index (χ4n) is 4.05. The van der Waals surface area contributed by atoms with Crippen molar-refractivity contribution in [1.82, 2.24) is 20.0 Å². The van der Waals surface area contributed by atoms with Crippen molar-refractivity contribution in [3.8, 4) is 0 Å². The number of carbonyl (C=O) groups is 1. The number of benzene rings is 3. The van der Waals surface area contributed by atoms with Crippen molar-refractivity contribution in [3.05, 3.63) is 102 Å². The average Bonchev–Trinajstić information content (AvgIpc) is 3.16. The van der Waals surface area contributed by atoms with Gasteiger partial charge in [0.05, 0.1) is 17.2 Å². The quantitative estimate of drug-likeness (QED) is 0.340. The molecule has 2 heterocycles. The Hall–Kier alpha value is -4.52. The van der Waals surface area contributed by atoms with E-state index in [0.717, 1.165) is 18.4 Å². The molecule has 3 N–H and O–H groups in total. The highest BCUT2D eigenvalue weighted by Gasteiger charge is 2.25. The number of hydrogen-bond donors (Lipinski definition) is 2. The van der Waals surface area contributed by atoms with Gasteiger partial charge in [-0.2, -0.15) is 9.78 Å². The van der Waals surface area contributed by atoms with Gasteiger partial charge in [-0.25, -0.2) is 9.97 Å². The van der Waals surface area contributed by atoms with E-state index in [1.165, 1.54) is 10.2 Å². The van der Waals surface area contributed by atoms with Crippen LogP contribution < -0.4 is 11.1 Å². The van der Waals surface area contributed by atoms with Crippen molar-refractivity contribution < 1.29 is 4.79 Å². The molecule has 0 spiro atoms. The molecule has 1 atom stereocenters. The maximum absolute atomic E-state index is 13.4. The lowest BCUT2D eigenvalue weighted by Gasteiger charge is -2.14. The van der Waals surface area contributed by atoms with Crippen LogP contribution in [-0.2, 0) is 6.42 Å². The fraction of sp³-hybridized carbons (Fsp3) is 0.143. The van der Waals surface area contributed by atoms with E-state index in [1.54, 1.807) is 6.21 Å². The van der Waals surface area contributed by atoms with Crippen molar-refractivity contribution in [3.63, 3.8) is 0 Å². The number of hydrogen-bond acceptors (Lipinski definition) is 5. The van der Waals surface area contributed by atoms with Crippen LogP contribution in [0.25, 0.3) is 22.2 Å². The first-order chi connectivity index (χ1) is 17.1. The predicted molar refractivity (Wildman–Crippen MR) is 141 cm³/mol. The molecule has 0 fully saturated rings. The second kappa shape index (κ2) is 9.77. The molecule has 0 saturated carbocycles. The van der Waals surface area contributed by atoms with Crippen LogP contribution in [0, 0.1) is 0 Å². The zero-order valence-corrected chi connectivity index (χ0v) is 19.4. The Kier molecular flexibility index (Phi) is 6.22. The Morgan fingerprint density at radius 1 is 0.971 bits per heavy atom. The number of aromatic nitrogens is 3. The van der Waals surface area contributed by atoms with Gasteiger partial charge in [0.25, 0.3) is 5.91 Å². The van der Waals surface area contributed by atoms with Crippen LogP contribution in [0.2, 0.25) is 0 Å². The van der Waals surface area contributed by atoms with Crippen LogP contribution >= 0.6 is 0 Å². The van der Waals surface area contributed by atoms with E-state index >= 15 is 0 Å². The predicted octanol–water partition coefficient (Wildman–Crippen LogP) is 4.80. The van der Waals surface area contributed by atoms with Gasteiger partial charge in [0.1, 0.15) is 16.9 Å². The number of carbonyl (C=O) groups excluding carboxylic acids is 1. The molecule has 0 radical (unpaired) electrons. The second-order valence-corrected chi connectivity index (χ2v) is 8.51. The van der Waals surface area contributed by atoms with Gasteiger partial charge in [-0.1, -0.05) is 72.8 Å². The van der Waals surface area contributed by atoms with Crippen LogP contribution in [0.3, 0.4) is 0 Å². The smallest absolute Gasteiger partial charge is 0.257 e. The molecule has 7 nitrogen and oxygen atoms in total. The van der Waals surface area contributed by atoms with Gasteiger partial charge in [-0.15, -0.1) is 0 Å². The molecule has 0 saturated heterocycles. The normalized spacial score (nSPS) is 12.4. The number of amides is 1. The van der Waals surface area contributed by atoms with Crippen molar-refractivity contribution in [2.45, 2.75) is 25.8 Å². The van der Waals surface area contributed by atoms with E-state index in [-0.39, 0.29) is 23.3 Å². The zero-order chi connectivity index (χ0) is 24.2. The number of anilines is 1. The Morgan fingerprint density at radius 2 is 1.60 bits per heavy atom. The maximum atomic E-state index is 13.4. The molecule has 0 aliphatic rings. The number of nitrogens with zero attached hydrogens (tertiary/aromatic N) is 4. The third-order valence-corrected chi connectivity index (χ3v) is 5.91. The molecule has 0 aliphatic carbocycles. The number of fused-ring (bicyclic) bond motifs is 2. The number of rotatable bonds is 7. The van der Waals surface area contributed by atoms with Crippen molar-refractivity contribution in [2.75, 3.05) is 5.73 Å². The summed E-state index contributed by atoms with van der Waals surface area (Å²) in [6.45, 7) is 1.99. The third kappa shape index (κ3) is 4.75. The van der Waals surface area contributed by atoms with Crippen LogP contribution in [0.4, 0.5) is 5.82 Å². The van der Waals surface area contributed by atoms with Crippen molar-refractivity contribution >= 4 is 40.1 Å². The van der Waals surface area contributed by atoms with Crippen LogP contribution in [0.1, 0.15) is 34.8 Å². The van der Waals surface area contributed by atoms with Gasteiger partial charge < -0.3 is 11.1 Å². The molecule has 7 heteroatoms. The monoisotopic (exact) mass is 462 g/mol. The molecular formula is C28H26N6O. The van der Waals surface area contributed by atoms with Gasteiger partial charge in [0, 0.05) is 6.04 Å². The van der Waals surface area contributed by atoms with Crippen LogP contribution in [0.15, 0.2) is 90.0 Å². The van der Waals surface area contributed by atoms with Gasteiger partial charge in [-0.05, 0) is 43.0 Å². The lowest BCUT2D eigenvalue weighted by Crippen LogP contribution is -2.33. The molecule has 35 heavy (non-hydrogen) atoms. The molecule has 5 aromatic rings. The van der Waals surface area contributed by atoms with E-state index < -0.39 is 0 Å². The number of nitrogens with one attached hydrogen (secondary N) is 1. The molecule has 2 aromatic heterocycles. The van der Waals surface area contributed by atoms with Gasteiger partial charge >= 0.3 is 0 Å². The largest absolute Gasteiger partial charge is 0.383 e. The SMILES string of the molecule is CC(CCc1ccccc1)NC(=O)c1c(N)n(N=Cc2ccccc2)c2nc3ccccc3nc12. The standard InChI is InChI=1S/C28H26N6O/c1-19(16-17-20-10-4-2-5-11-20)31-28(35)24-25-27(33-23-15-9-8-14-22(23)32-25)34(26(24)29)30-18-21-12-6-3-7-13-21/h2-15,18-19H,16-17,29H2,1H3,(H,31,35). The lowest BCUT2D eigenvalue weighted by atomic mass is 10.1. The van der Waals surface area contributed by atoms with Crippen LogP contribution in [-0.4, -0.2) is 32.8 Å². The number of para-hydroxylation sites is 2. The minimum atomic E-state index is -0.286. The highest BCUT2D eigenvalue weighted by Crippen LogP contribution is 2.28. The Morgan fingerprint density at radius 3 is 2.31 bits per heavy atom. The van der Waals surface area contributed by atoms with E-state index in [2.05, 4.69) is 22.6 Å². The first kappa shape index (κ1) is 22.3. The first-order valence-corrected chi connectivity index (χ1v) is 11.6. The summed E-state index contributed by atoms with van der Waals surface area (Å²) in [6, 6.07) is 27.4. The average molecular weight is 463 g/mol. The zero-order valence-electron chi connectivity index (χ0n) is 19.4. The second-order valence-electron chi connectivity index (χ2n) is 8.51. The maximum Gasteiger partial charge on any atom is 0.257 e. The number of nitrogens with two attached hydrogens (primary N) is 1. The van der Waals surface area contributed by atoms with Gasteiger partial charge in [-0.3, -0.25) is 4.79 Å². The van der Waals surface area contributed by atoms with Crippen molar-refractivity contribution in [1.29, 1.82) is 0 Å². The molecular weight excluding hydrogens is 436 g/mol. The van der Waals surface area contributed by atoms with E-state index in [1.807, 2.05) is 79.7 Å². The van der Waals surface area contributed by atoms with E-state index in [0.29, 0.717) is 22.2 Å². The third-order valence-electron chi connectivity index (χ3n) is 5.91. The number of nitrogen functional groups attached to an aromatic ring is 1. The molecule has 174 valence electrons. The minimum Gasteiger partial charge on any atom is -0.383 e. The Bertz CT molecular complexity index is 1510. The Labute approximate surface area is 203 Å². The summed E-state index contributed by atoms with van der Waals surface area (Å²) in [5, 5.41) is 7.64. The van der Waals surface area contributed by atoms with E-state index in [9.17, 15) is 4.79 Å². The fourth-order valence-corrected chi connectivity index (χ4v) is 4.05.